The van der Waals surface area contributed by atoms with E-state index in [-0.39, 0.29) is 5.91 Å². The fourth-order valence-corrected chi connectivity index (χ4v) is 1.62. The highest BCUT2D eigenvalue weighted by atomic mass is 16.2. The Morgan fingerprint density at radius 1 is 1.35 bits per heavy atom. The third kappa shape index (κ3) is 3.17. The van der Waals surface area contributed by atoms with E-state index in [2.05, 4.69) is 9.97 Å². The van der Waals surface area contributed by atoms with Crippen molar-refractivity contribution in [3.63, 3.8) is 0 Å². The molecule has 1 aromatic heterocycles. The molecule has 1 N–H and O–H groups in total. The average Bonchev–Trinajstić information content (AvgIpc) is 2.83. The number of carbonyl (C=O) groups excluding carboxylic acids is 1. The first-order valence-electron chi connectivity index (χ1n) is 5.51. The second kappa shape index (κ2) is 5.30. The molecule has 0 radical (unpaired) electrons. The van der Waals surface area contributed by atoms with E-state index in [0.29, 0.717) is 13.0 Å². The average molecular weight is 229 g/mol. The largest absolute Gasteiger partial charge is 0.348 e. The molecule has 88 valence electrons. The van der Waals surface area contributed by atoms with E-state index in [0.717, 1.165) is 11.3 Å². The molecule has 0 atom stereocenters. The van der Waals surface area contributed by atoms with Gasteiger partial charge in [0.15, 0.2) is 0 Å². The number of rotatable bonds is 4. The smallest absolute Gasteiger partial charge is 0.228 e. The van der Waals surface area contributed by atoms with Crippen LogP contribution in [0.25, 0.3) is 0 Å². The van der Waals surface area contributed by atoms with Crippen molar-refractivity contribution in [2.45, 2.75) is 13.0 Å². The molecule has 0 unspecified atom stereocenters. The number of H-pyrrole nitrogens is 1. The van der Waals surface area contributed by atoms with Gasteiger partial charge in [-0.1, -0.05) is 30.3 Å². The van der Waals surface area contributed by atoms with Crippen LogP contribution in [0.15, 0.2) is 42.9 Å². The molecule has 0 aliphatic carbocycles. The molecule has 0 spiro atoms. The summed E-state index contributed by atoms with van der Waals surface area (Å²) >= 11 is 0. The SMILES string of the molecule is CN(Cc1ccccc1)C(=O)Cc1cnc[nH]1. The van der Waals surface area contributed by atoms with Gasteiger partial charge in [-0.15, -0.1) is 0 Å². The van der Waals surface area contributed by atoms with Crippen molar-refractivity contribution in [1.82, 2.24) is 14.9 Å². The van der Waals surface area contributed by atoms with Crippen molar-refractivity contribution in [1.29, 1.82) is 0 Å². The number of amides is 1. The molecule has 1 heterocycles. The second-order valence-corrected chi connectivity index (χ2v) is 3.99. The van der Waals surface area contributed by atoms with Crippen LogP contribution in [0.3, 0.4) is 0 Å². The van der Waals surface area contributed by atoms with Crippen LogP contribution in [-0.2, 0) is 17.8 Å². The van der Waals surface area contributed by atoms with Gasteiger partial charge in [-0.25, -0.2) is 4.98 Å². The van der Waals surface area contributed by atoms with Gasteiger partial charge in [0.25, 0.3) is 0 Å². The minimum Gasteiger partial charge on any atom is -0.348 e. The molecular formula is C13H15N3O. The molecule has 4 nitrogen and oxygen atoms in total. The van der Waals surface area contributed by atoms with Gasteiger partial charge >= 0.3 is 0 Å². The maximum atomic E-state index is 11.9. The van der Waals surface area contributed by atoms with Crippen molar-refractivity contribution in [3.8, 4) is 0 Å². The normalized spacial score (nSPS) is 10.2. The third-order valence-corrected chi connectivity index (χ3v) is 2.58. The highest BCUT2D eigenvalue weighted by molar-refractivity contribution is 5.77. The first-order valence-corrected chi connectivity index (χ1v) is 5.51. The Morgan fingerprint density at radius 2 is 2.12 bits per heavy atom. The number of aromatic nitrogens is 2. The van der Waals surface area contributed by atoms with Crippen molar-refractivity contribution in [2.24, 2.45) is 0 Å². The predicted molar refractivity (Wildman–Crippen MR) is 65.2 cm³/mol. The number of benzene rings is 1. The second-order valence-electron chi connectivity index (χ2n) is 3.99. The Kier molecular flexibility index (Phi) is 3.55. The first-order chi connectivity index (χ1) is 8.25. The van der Waals surface area contributed by atoms with E-state index in [4.69, 9.17) is 0 Å². The van der Waals surface area contributed by atoms with E-state index in [1.165, 1.54) is 0 Å². The lowest BCUT2D eigenvalue weighted by molar-refractivity contribution is -0.129. The molecule has 4 heteroatoms. The van der Waals surface area contributed by atoms with E-state index < -0.39 is 0 Å². The summed E-state index contributed by atoms with van der Waals surface area (Å²) in [6, 6.07) is 9.95. The van der Waals surface area contributed by atoms with Gasteiger partial charge in [0.05, 0.1) is 12.7 Å². The van der Waals surface area contributed by atoms with E-state index in [1.54, 1.807) is 17.4 Å². The van der Waals surface area contributed by atoms with Crippen LogP contribution >= 0.6 is 0 Å². The van der Waals surface area contributed by atoms with Crippen LogP contribution < -0.4 is 0 Å². The Morgan fingerprint density at radius 3 is 2.76 bits per heavy atom. The van der Waals surface area contributed by atoms with Crippen LogP contribution in [0, 0.1) is 0 Å². The molecule has 2 rings (SSSR count). The van der Waals surface area contributed by atoms with Gasteiger partial charge in [-0.05, 0) is 5.56 Å². The van der Waals surface area contributed by atoms with Crippen molar-refractivity contribution < 1.29 is 4.79 Å². The zero-order valence-corrected chi connectivity index (χ0v) is 9.76. The topological polar surface area (TPSA) is 49.0 Å². The maximum absolute atomic E-state index is 11.9. The third-order valence-electron chi connectivity index (χ3n) is 2.58. The minimum atomic E-state index is 0.0816. The minimum absolute atomic E-state index is 0.0816. The van der Waals surface area contributed by atoms with E-state index >= 15 is 0 Å². The van der Waals surface area contributed by atoms with Gasteiger partial charge < -0.3 is 9.88 Å². The number of hydrogen-bond acceptors (Lipinski definition) is 2. The number of hydrogen-bond donors (Lipinski definition) is 1. The molecule has 0 fully saturated rings. The first kappa shape index (κ1) is 11.4. The van der Waals surface area contributed by atoms with Gasteiger partial charge in [0.1, 0.15) is 0 Å². The van der Waals surface area contributed by atoms with Crippen LogP contribution in [0.5, 0.6) is 0 Å². The standard InChI is InChI=1S/C13H15N3O/c1-16(9-11-5-3-2-4-6-11)13(17)7-12-8-14-10-15-12/h2-6,8,10H,7,9H2,1H3,(H,14,15). The lowest BCUT2D eigenvalue weighted by Crippen LogP contribution is -2.27. The quantitative estimate of drug-likeness (QED) is 0.866. The van der Waals surface area contributed by atoms with Gasteiger partial charge in [-0.3, -0.25) is 4.79 Å². The highest BCUT2D eigenvalue weighted by Gasteiger charge is 2.10. The zero-order valence-electron chi connectivity index (χ0n) is 9.76. The summed E-state index contributed by atoms with van der Waals surface area (Å²) < 4.78 is 0. The summed E-state index contributed by atoms with van der Waals surface area (Å²) in [5, 5.41) is 0. The Labute approximate surface area is 100 Å². The van der Waals surface area contributed by atoms with Gasteiger partial charge in [0.2, 0.25) is 5.91 Å². The molecule has 1 amide bonds. The number of imidazole rings is 1. The van der Waals surface area contributed by atoms with Crippen LogP contribution in [0.1, 0.15) is 11.3 Å². The monoisotopic (exact) mass is 229 g/mol. The number of likely N-dealkylation sites (N-methyl/N-ethyl adjacent to an activating group) is 1. The summed E-state index contributed by atoms with van der Waals surface area (Å²) in [7, 11) is 1.81. The molecule has 0 bridgehead atoms. The molecule has 1 aromatic carbocycles. The van der Waals surface area contributed by atoms with Crippen molar-refractivity contribution in [3.05, 3.63) is 54.1 Å². The lowest BCUT2D eigenvalue weighted by Gasteiger charge is -2.16. The molecule has 0 aliphatic heterocycles. The Balaban J connectivity index is 1.92. The van der Waals surface area contributed by atoms with Gasteiger partial charge in [0, 0.05) is 25.5 Å². The van der Waals surface area contributed by atoms with E-state index in [1.807, 2.05) is 37.4 Å². The summed E-state index contributed by atoms with van der Waals surface area (Å²) in [4.78, 5) is 20.4. The number of nitrogens with one attached hydrogen (secondary N) is 1. The maximum Gasteiger partial charge on any atom is 0.228 e. The van der Waals surface area contributed by atoms with Crippen LogP contribution in [-0.4, -0.2) is 27.8 Å². The molecule has 0 saturated carbocycles. The van der Waals surface area contributed by atoms with Crippen molar-refractivity contribution in [2.75, 3.05) is 7.05 Å². The summed E-state index contributed by atoms with van der Waals surface area (Å²) in [5.74, 6) is 0.0816. The van der Waals surface area contributed by atoms with Crippen LogP contribution in [0.4, 0.5) is 0 Å². The lowest BCUT2D eigenvalue weighted by atomic mass is 10.2. The summed E-state index contributed by atoms with van der Waals surface area (Å²) in [6.45, 7) is 0.633. The number of carbonyl (C=O) groups is 1. The molecule has 17 heavy (non-hydrogen) atoms. The number of nitrogens with zero attached hydrogens (tertiary/aromatic N) is 2. The molecular weight excluding hydrogens is 214 g/mol. The summed E-state index contributed by atoms with van der Waals surface area (Å²) in [5.41, 5.74) is 1.97. The summed E-state index contributed by atoms with van der Waals surface area (Å²) in [6.07, 6.45) is 3.62. The number of aromatic amines is 1. The zero-order chi connectivity index (χ0) is 12.1. The Hall–Kier alpha value is -2.10. The predicted octanol–water partition coefficient (Wildman–Crippen LogP) is 1.61. The molecule has 2 aromatic rings. The van der Waals surface area contributed by atoms with Crippen molar-refractivity contribution >= 4 is 5.91 Å². The fraction of sp³-hybridized carbons (Fsp3) is 0.231. The van der Waals surface area contributed by atoms with Gasteiger partial charge in [-0.2, -0.15) is 0 Å². The molecule has 0 aliphatic rings. The van der Waals surface area contributed by atoms with E-state index in [9.17, 15) is 4.79 Å². The molecule has 0 saturated heterocycles. The van der Waals surface area contributed by atoms with Crippen LogP contribution in [0.2, 0.25) is 0 Å². The highest BCUT2D eigenvalue weighted by Crippen LogP contribution is 2.04. The Bertz CT molecular complexity index is 465. The fourth-order valence-electron chi connectivity index (χ4n) is 1.62.